The number of hydrazone groups is 1. The zero-order valence-electron chi connectivity index (χ0n) is 13.8. The van der Waals surface area contributed by atoms with Gasteiger partial charge in [-0.25, -0.2) is 10.4 Å². The minimum absolute atomic E-state index is 0.320. The number of ether oxygens (including phenoxy) is 1. The van der Waals surface area contributed by atoms with Crippen LogP contribution in [-0.2, 0) is 4.79 Å². The number of para-hydroxylation sites is 1. The Morgan fingerprint density at radius 1 is 1.27 bits per heavy atom. The minimum Gasteiger partial charge on any atom is -0.481 e. The van der Waals surface area contributed by atoms with Crippen molar-refractivity contribution in [2.75, 3.05) is 0 Å². The highest BCUT2D eigenvalue weighted by molar-refractivity contribution is 9.10. The van der Waals surface area contributed by atoms with Crippen molar-refractivity contribution in [1.29, 1.82) is 0 Å². The largest absolute Gasteiger partial charge is 0.481 e. The molecule has 1 atom stereocenters. The number of hydrogen-bond donors (Lipinski definition) is 1. The van der Waals surface area contributed by atoms with Crippen molar-refractivity contribution < 1.29 is 9.53 Å². The number of fused-ring (bicyclic) bond motifs is 1. The lowest BCUT2D eigenvalue weighted by atomic mass is 10.2. The van der Waals surface area contributed by atoms with Crippen LogP contribution in [0.15, 0.2) is 64.2 Å². The fourth-order valence-electron chi connectivity index (χ4n) is 2.23. The Kier molecular flexibility index (Phi) is 5.85. The van der Waals surface area contributed by atoms with Gasteiger partial charge < -0.3 is 4.74 Å². The maximum atomic E-state index is 12.1. The van der Waals surface area contributed by atoms with Gasteiger partial charge in [-0.1, -0.05) is 45.7 Å². The normalized spacial score (nSPS) is 12.3. The number of aromatic nitrogens is 1. The molecule has 0 fully saturated rings. The molecule has 0 aliphatic heterocycles. The monoisotopic (exact) mass is 431 g/mol. The number of amides is 1. The Balaban J connectivity index is 1.63. The van der Waals surface area contributed by atoms with Crippen molar-refractivity contribution >= 4 is 50.6 Å². The van der Waals surface area contributed by atoms with Gasteiger partial charge in [0.2, 0.25) is 0 Å². The number of hydrogen-bond acceptors (Lipinski definition) is 4. The number of carbonyl (C=O) groups excluding carboxylic acids is 1. The predicted molar refractivity (Wildman–Crippen MR) is 107 cm³/mol. The Bertz CT molecular complexity index is 961. The van der Waals surface area contributed by atoms with Gasteiger partial charge in [-0.15, -0.1) is 0 Å². The average Bonchev–Trinajstić information content (AvgIpc) is 2.63. The summed E-state index contributed by atoms with van der Waals surface area (Å²) < 4.78 is 6.51. The van der Waals surface area contributed by atoms with E-state index in [1.165, 1.54) is 6.21 Å². The first-order chi connectivity index (χ1) is 12.5. The van der Waals surface area contributed by atoms with E-state index in [9.17, 15) is 4.79 Å². The predicted octanol–water partition coefficient (Wildman–Crippen LogP) is 4.57. The number of nitrogens with zero attached hydrogens (tertiary/aromatic N) is 2. The van der Waals surface area contributed by atoms with Gasteiger partial charge in [-0.2, -0.15) is 5.10 Å². The summed E-state index contributed by atoms with van der Waals surface area (Å²) >= 11 is 9.51. The molecule has 3 aromatic rings. The number of carbonyl (C=O) groups is 1. The fraction of sp³-hybridized carbons (Fsp3) is 0.105. The second-order valence-corrected chi connectivity index (χ2v) is 6.78. The summed E-state index contributed by atoms with van der Waals surface area (Å²) in [5.41, 5.74) is 3.87. The van der Waals surface area contributed by atoms with Crippen LogP contribution in [0.4, 0.5) is 0 Å². The molecule has 1 amide bonds. The Hall–Kier alpha value is -2.44. The number of halogens is 2. The molecule has 1 unspecified atom stereocenters. The molecule has 7 heteroatoms. The molecule has 2 aromatic carbocycles. The first-order valence-electron chi connectivity index (χ1n) is 7.83. The van der Waals surface area contributed by atoms with Gasteiger partial charge >= 0.3 is 0 Å². The van der Waals surface area contributed by atoms with Crippen LogP contribution in [0.2, 0.25) is 5.15 Å². The molecule has 0 aliphatic rings. The molecule has 1 aromatic heterocycles. The molecule has 26 heavy (non-hydrogen) atoms. The summed E-state index contributed by atoms with van der Waals surface area (Å²) in [5.74, 6) is 0.232. The smallest absolute Gasteiger partial charge is 0.280 e. The van der Waals surface area contributed by atoms with Gasteiger partial charge in [0.05, 0.1) is 11.7 Å². The molecule has 5 nitrogen and oxygen atoms in total. The van der Waals surface area contributed by atoms with Crippen LogP contribution >= 0.6 is 27.5 Å². The molecule has 0 bridgehead atoms. The second kappa shape index (κ2) is 8.29. The maximum Gasteiger partial charge on any atom is 0.280 e. The van der Waals surface area contributed by atoms with Crippen molar-refractivity contribution in [2.45, 2.75) is 13.0 Å². The summed E-state index contributed by atoms with van der Waals surface area (Å²) in [4.78, 5) is 16.4. The Morgan fingerprint density at radius 2 is 2.00 bits per heavy atom. The standard InChI is InChI=1S/C19H15BrClN3O2/c1-12(26-16-8-6-15(20)7-9-16)19(25)24-22-11-14-10-13-4-2-3-5-17(13)23-18(14)21/h2-12H,1H3,(H,24,25)/b22-11+. The SMILES string of the molecule is CC(Oc1ccc(Br)cc1)C(=O)N/N=C/c1cc2ccccc2nc1Cl. The molecule has 1 N–H and O–H groups in total. The molecule has 0 saturated carbocycles. The van der Waals surface area contributed by atoms with Crippen LogP contribution in [-0.4, -0.2) is 23.2 Å². The fourth-order valence-corrected chi connectivity index (χ4v) is 2.69. The molecule has 0 spiro atoms. The van der Waals surface area contributed by atoms with Gasteiger partial charge in [0.1, 0.15) is 10.9 Å². The zero-order valence-corrected chi connectivity index (χ0v) is 16.2. The first kappa shape index (κ1) is 18.4. The van der Waals surface area contributed by atoms with Crippen LogP contribution in [0.25, 0.3) is 10.9 Å². The summed E-state index contributed by atoms with van der Waals surface area (Å²) in [6.07, 6.45) is 0.768. The first-order valence-corrected chi connectivity index (χ1v) is 9.00. The lowest BCUT2D eigenvalue weighted by molar-refractivity contribution is -0.127. The van der Waals surface area contributed by atoms with E-state index < -0.39 is 6.10 Å². The molecule has 0 radical (unpaired) electrons. The average molecular weight is 433 g/mol. The highest BCUT2D eigenvalue weighted by atomic mass is 79.9. The van der Waals surface area contributed by atoms with E-state index in [1.807, 2.05) is 42.5 Å². The molecule has 3 rings (SSSR count). The summed E-state index contributed by atoms with van der Waals surface area (Å²) in [6.45, 7) is 1.65. The van der Waals surface area contributed by atoms with E-state index in [1.54, 1.807) is 19.1 Å². The van der Waals surface area contributed by atoms with E-state index in [2.05, 4.69) is 31.4 Å². The van der Waals surface area contributed by atoms with Crippen molar-refractivity contribution in [2.24, 2.45) is 5.10 Å². The van der Waals surface area contributed by atoms with Gasteiger partial charge in [0.25, 0.3) is 5.91 Å². The Labute approximate surface area is 164 Å². The molecular weight excluding hydrogens is 418 g/mol. The number of pyridine rings is 1. The summed E-state index contributed by atoms with van der Waals surface area (Å²) in [5, 5.41) is 5.21. The van der Waals surface area contributed by atoms with Crippen molar-refractivity contribution in [3.63, 3.8) is 0 Å². The van der Waals surface area contributed by atoms with Gasteiger partial charge in [-0.05, 0) is 43.3 Å². The van der Waals surface area contributed by atoms with Crippen LogP contribution in [0.3, 0.4) is 0 Å². The van der Waals surface area contributed by atoms with E-state index in [0.29, 0.717) is 16.5 Å². The van der Waals surface area contributed by atoms with Crippen molar-refractivity contribution in [3.05, 3.63) is 69.8 Å². The molecule has 1 heterocycles. The molecule has 0 aliphatic carbocycles. The summed E-state index contributed by atoms with van der Waals surface area (Å²) in [6, 6.07) is 16.7. The summed E-state index contributed by atoms with van der Waals surface area (Å²) in [7, 11) is 0. The van der Waals surface area contributed by atoms with Crippen molar-refractivity contribution in [1.82, 2.24) is 10.4 Å². The molecule has 132 valence electrons. The number of nitrogens with one attached hydrogen (secondary N) is 1. The third kappa shape index (κ3) is 4.59. The van der Waals surface area contributed by atoms with Crippen LogP contribution < -0.4 is 10.2 Å². The lowest BCUT2D eigenvalue weighted by Gasteiger charge is -2.12. The molecule has 0 saturated heterocycles. The quantitative estimate of drug-likeness (QED) is 0.365. The highest BCUT2D eigenvalue weighted by Gasteiger charge is 2.14. The van der Waals surface area contributed by atoms with Gasteiger partial charge in [0.15, 0.2) is 6.10 Å². The van der Waals surface area contributed by atoms with E-state index in [4.69, 9.17) is 16.3 Å². The topological polar surface area (TPSA) is 63.6 Å². The Morgan fingerprint density at radius 3 is 2.77 bits per heavy atom. The maximum absolute atomic E-state index is 12.1. The zero-order chi connectivity index (χ0) is 18.5. The highest BCUT2D eigenvalue weighted by Crippen LogP contribution is 2.19. The second-order valence-electron chi connectivity index (χ2n) is 5.51. The van der Waals surface area contributed by atoms with E-state index in [-0.39, 0.29) is 5.91 Å². The van der Waals surface area contributed by atoms with Crippen LogP contribution in [0.1, 0.15) is 12.5 Å². The molecular formula is C19H15BrClN3O2. The van der Waals surface area contributed by atoms with E-state index in [0.717, 1.165) is 15.4 Å². The van der Waals surface area contributed by atoms with Crippen LogP contribution in [0.5, 0.6) is 5.75 Å². The number of rotatable bonds is 5. The van der Waals surface area contributed by atoms with Crippen molar-refractivity contribution in [3.8, 4) is 5.75 Å². The minimum atomic E-state index is -0.696. The third-order valence-electron chi connectivity index (χ3n) is 3.58. The third-order valence-corrected chi connectivity index (χ3v) is 4.41. The van der Waals surface area contributed by atoms with Crippen LogP contribution in [0, 0.1) is 0 Å². The lowest BCUT2D eigenvalue weighted by Crippen LogP contribution is -2.33. The van der Waals surface area contributed by atoms with Gasteiger partial charge in [-0.3, -0.25) is 4.79 Å². The van der Waals surface area contributed by atoms with E-state index >= 15 is 0 Å². The number of benzene rings is 2. The van der Waals surface area contributed by atoms with Gasteiger partial charge in [0, 0.05) is 15.4 Å².